The molecule has 8 heteroatoms. The van der Waals surface area contributed by atoms with Crippen LogP contribution < -0.4 is 10.6 Å². The Bertz CT molecular complexity index is 899. The first kappa shape index (κ1) is 21.4. The van der Waals surface area contributed by atoms with Crippen molar-refractivity contribution in [3.05, 3.63) is 47.7 Å². The van der Waals surface area contributed by atoms with Crippen LogP contribution in [0, 0.1) is 5.92 Å². The maximum Gasteiger partial charge on any atom is 0.408 e. The SMILES string of the molecule is CC(C)(NC(=O)OC1CC(c2cc(NC(=O)C3CCOCC3)n[nH]2)C1)c1ccccc1. The van der Waals surface area contributed by atoms with Gasteiger partial charge in [-0.2, -0.15) is 5.10 Å². The Morgan fingerprint density at radius 2 is 1.87 bits per heavy atom. The van der Waals surface area contributed by atoms with Gasteiger partial charge in [-0.25, -0.2) is 4.79 Å². The maximum atomic E-state index is 12.3. The van der Waals surface area contributed by atoms with Gasteiger partial charge in [0.15, 0.2) is 5.82 Å². The Balaban J connectivity index is 1.22. The van der Waals surface area contributed by atoms with Crippen molar-refractivity contribution < 1.29 is 19.1 Å². The third-order valence-corrected chi connectivity index (χ3v) is 6.16. The Morgan fingerprint density at radius 1 is 1.16 bits per heavy atom. The molecule has 2 fully saturated rings. The van der Waals surface area contributed by atoms with E-state index in [0.29, 0.717) is 19.0 Å². The lowest BCUT2D eigenvalue weighted by Crippen LogP contribution is -2.44. The number of nitrogens with one attached hydrogen (secondary N) is 3. The van der Waals surface area contributed by atoms with Gasteiger partial charge in [-0.1, -0.05) is 30.3 Å². The zero-order valence-electron chi connectivity index (χ0n) is 18.0. The van der Waals surface area contributed by atoms with E-state index < -0.39 is 11.6 Å². The van der Waals surface area contributed by atoms with Crippen LogP contribution in [0.15, 0.2) is 36.4 Å². The molecule has 3 N–H and O–H groups in total. The summed E-state index contributed by atoms with van der Waals surface area (Å²) >= 11 is 0. The topological polar surface area (TPSA) is 105 Å². The molecule has 31 heavy (non-hydrogen) atoms. The van der Waals surface area contributed by atoms with Crippen LogP contribution in [-0.4, -0.2) is 41.5 Å². The second-order valence-electron chi connectivity index (χ2n) is 8.90. The minimum Gasteiger partial charge on any atom is -0.446 e. The van der Waals surface area contributed by atoms with Crippen molar-refractivity contribution in [2.45, 2.75) is 57.1 Å². The number of nitrogens with zero attached hydrogens (tertiary/aromatic N) is 1. The minimum atomic E-state index is -0.511. The van der Waals surface area contributed by atoms with Gasteiger partial charge in [-0.15, -0.1) is 0 Å². The lowest BCUT2D eigenvalue weighted by atomic mass is 9.80. The number of H-pyrrole nitrogens is 1. The highest BCUT2D eigenvalue weighted by atomic mass is 16.6. The van der Waals surface area contributed by atoms with Gasteiger partial charge < -0.3 is 20.1 Å². The number of carbonyl (C=O) groups excluding carboxylic acids is 2. The summed E-state index contributed by atoms with van der Waals surface area (Å²) in [5.41, 5.74) is 1.46. The highest BCUT2D eigenvalue weighted by Crippen LogP contribution is 2.38. The van der Waals surface area contributed by atoms with Gasteiger partial charge in [0.05, 0.1) is 5.54 Å². The molecule has 1 aliphatic heterocycles. The lowest BCUT2D eigenvalue weighted by molar-refractivity contribution is -0.122. The Hall–Kier alpha value is -2.87. The van der Waals surface area contributed by atoms with Crippen LogP contribution in [-0.2, 0) is 19.8 Å². The predicted octanol–water partition coefficient (Wildman–Crippen LogP) is 3.68. The van der Waals surface area contributed by atoms with Crippen LogP contribution in [0.5, 0.6) is 0 Å². The van der Waals surface area contributed by atoms with Gasteiger partial charge in [0.1, 0.15) is 6.10 Å². The summed E-state index contributed by atoms with van der Waals surface area (Å²) in [5, 5.41) is 13.1. The fraction of sp³-hybridized carbons (Fsp3) is 0.522. The number of carbonyl (C=O) groups is 2. The Kier molecular flexibility index (Phi) is 6.27. The van der Waals surface area contributed by atoms with Crippen LogP contribution in [0.3, 0.4) is 0 Å². The van der Waals surface area contributed by atoms with Crippen LogP contribution in [0.2, 0.25) is 0 Å². The van der Waals surface area contributed by atoms with E-state index in [-0.39, 0.29) is 23.8 Å². The molecule has 8 nitrogen and oxygen atoms in total. The number of alkyl carbamates (subject to hydrolysis) is 1. The van der Waals surface area contributed by atoms with E-state index in [1.54, 1.807) is 0 Å². The second kappa shape index (κ2) is 9.09. The number of rotatable bonds is 6. The maximum absolute atomic E-state index is 12.3. The van der Waals surface area contributed by atoms with Crippen molar-refractivity contribution in [1.82, 2.24) is 15.5 Å². The Labute approximate surface area is 182 Å². The first-order valence-corrected chi connectivity index (χ1v) is 10.9. The number of aromatic amines is 1. The summed E-state index contributed by atoms with van der Waals surface area (Å²) in [6.07, 6.45) is 2.41. The van der Waals surface area contributed by atoms with E-state index in [1.807, 2.05) is 50.2 Å². The van der Waals surface area contributed by atoms with Crippen molar-refractivity contribution in [2.75, 3.05) is 18.5 Å². The molecule has 0 unspecified atom stereocenters. The molecule has 2 aromatic rings. The van der Waals surface area contributed by atoms with Crippen molar-refractivity contribution in [3.8, 4) is 0 Å². The number of benzene rings is 1. The minimum absolute atomic E-state index is 0.00567. The highest BCUT2D eigenvalue weighted by Gasteiger charge is 2.36. The van der Waals surface area contributed by atoms with Gasteiger partial charge >= 0.3 is 6.09 Å². The number of hydrogen-bond acceptors (Lipinski definition) is 5. The summed E-state index contributed by atoms with van der Waals surface area (Å²) in [7, 11) is 0. The summed E-state index contributed by atoms with van der Waals surface area (Å²) in [4.78, 5) is 24.7. The highest BCUT2D eigenvalue weighted by molar-refractivity contribution is 5.91. The summed E-state index contributed by atoms with van der Waals surface area (Å²) in [6, 6.07) is 11.7. The molecule has 0 spiro atoms. The summed E-state index contributed by atoms with van der Waals surface area (Å²) < 4.78 is 10.9. The molecule has 0 bridgehead atoms. The molecule has 1 aliphatic carbocycles. The van der Waals surface area contributed by atoms with Crippen molar-refractivity contribution in [2.24, 2.45) is 5.92 Å². The van der Waals surface area contributed by atoms with E-state index in [0.717, 1.165) is 36.9 Å². The number of anilines is 1. The molecule has 1 aromatic carbocycles. The summed E-state index contributed by atoms with van der Waals surface area (Å²) in [6.45, 7) is 5.16. The molecular formula is C23H30N4O4. The van der Waals surface area contributed by atoms with Crippen molar-refractivity contribution >= 4 is 17.8 Å². The predicted molar refractivity (Wildman–Crippen MR) is 116 cm³/mol. The molecule has 1 saturated carbocycles. The van der Waals surface area contributed by atoms with Crippen LogP contribution in [0.4, 0.5) is 10.6 Å². The van der Waals surface area contributed by atoms with E-state index in [4.69, 9.17) is 9.47 Å². The average Bonchev–Trinajstić information content (AvgIpc) is 3.19. The van der Waals surface area contributed by atoms with Gasteiger partial charge in [0.2, 0.25) is 5.91 Å². The number of amides is 2. The molecule has 2 heterocycles. The van der Waals surface area contributed by atoms with Gasteiger partial charge in [-0.3, -0.25) is 9.89 Å². The van der Waals surface area contributed by atoms with E-state index in [2.05, 4.69) is 20.8 Å². The Morgan fingerprint density at radius 3 is 2.58 bits per heavy atom. The smallest absolute Gasteiger partial charge is 0.408 e. The molecule has 1 saturated heterocycles. The van der Waals surface area contributed by atoms with Crippen LogP contribution >= 0.6 is 0 Å². The zero-order chi connectivity index (χ0) is 21.8. The molecular weight excluding hydrogens is 396 g/mol. The van der Waals surface area contributed by atoms with E-state index in [9.17, 15) is 9.59 Å². The molecule has 4 rings (SSSR count). The standard InChI is InChI=1S/C23H30N4O4/c1-23(2,17-6-4-3-5-7-17)25-22(29)31-18-12-16(13-18)19-14-20(27-26-19)24-21(28)15-8-10-30-11-9-15/h3-7,14-16,18H,8-13H2,1-2H3,(H,25,29)(H2,24,26,27,28). The van der Waals surface area contributed by atoms with E-state index in [1.165, 1.54) is 0 Å². The van der Waals surface area contributed by atoms with Crippen LogP contribution in [0.1, 0.15) is 56.7 Å². The molecule has 0 atom stereocenters. The van der Waals surface area contributed by atoms with Crippen LogP contribution in [0.25, 0.3) is 0 Å². The third-order valence-electron chi connectivity index (χ3n) is 6.16. The third kappa shape index (κ3) is 5.25. The molecule has 166 valence electrons. The number of aromatic nitrogens is 2. The van der Waals surface area contributed by atoms with Gasteiger partial charge in [0.25, 0.3) is 0 Å². The fourth-order valence-corrected chi connectivity index (χ4v) is 4.08. The number of ether oxygens (including phenoxy) is 2. The molecule has 2 aliphatic rings. The first-order valence-electron chi connectivity index (χ1n) is 10.9. The lowest BCUT2D eigenvalue weighted by Gasteiger charge is -2.35. The average molecular weight is 427 g/mol. The molecule has 2 amide bonds. The monoisotopic (exact) mass is 426 g/mol. The van der Waals surface area contributed by atoms with Gasteiger partial charge in [0, 0.05) is 36.8 Å². The van der Waals surface area contributed by atoms with Crippen molar-refractivity contribution in [3.63, 3.8) is 0 Å². The normalized spacial score (nSPS) is 21.7. The largest absolute Gasteiger partial charge is 0.446 e. The first-order chi connectivity index (χ1) is 14.9. The quantitative estimate of drug-likeness (QED) is 0.653. The second-order valence-corrected chi connectivity index (χ2v) is 8.90. The van der Waals surface area contributed by atoms with Crippen molar-refractivity contribution in [1.29, 1.82) is 0 Å². The van der Waals surface area contributed by atoms with Gasteiger partial charge in [-0.05, 0) is 45.1 Å². The summed E-state index contributed by atoms with van der Waals surface area (Å²) in [5.74, 6) is 0.752. The number of hydrogen-bond donors (Lipinski definition) is 3. The molecule has 0 radical (unpaired) electrons. The fourth-order valence-electron chi connectivity index (χ4n) is 4.08. The van der Waals surface area contributed by atoms with E-state index >= 15 is 0 Å². The molecule has 1 aromatic heterocycles. The zero-order valence-corrected chi connectivity index (χ0v) is 18.0.